The van der Waals surface area contributed by atoms with E-state index in [0.717, 1.165) is 18.8 Å². The summed E-state index contributed by atoms with van der Waals surface area (Å²) in [6.07, 6.45) is 9.28. The van der Waals surface area contributed by atoms with E-state index in [1.54, 1.807) is 6.07 Å². The molecular formula is C17H27N3O2. The Morgan fingerprint density at radius 3 is 2.59 bits per heavy atom. The lowest BCUT2D eigenvalue weighted by Gasteiger charge is -2.17. The van der Waals surface area contributed by atoms with Gasteiger partial charge in [0.25, 0.3) is 0 Å². The average molecular weight is 305 g/mol. The minimum atomic E-state index is -0.0919. The Morgan fingerprint density at radius 2 is 2.05 bits per heavy atom. The van der Waals surface area contributed by atoms with Gasteiger partial charge in [-0.1, -0.05) is 26.0 Å². The summed E-state index contributed by atoms with van der Waals surface area (Å²) in [5.41, 5.74) is 6.24. The van der Waals surface area contributed by atoms with Crippen LogP contribution in [0.1, 0.15) is 25.3 Å². The van der Waals surface area contributed by atoms with E-state index < -0.39 is 0 Å². The summed E-state index contributed by atoms with van der Waals surface area (Å²) in [5.74, 6) is -0.179. The number of benzene rings is 1. The molecule has 1 aromatic rings. The predicted octanol–water partition coefficient (Wildman–Crippen LogP) is 2.58. The van der Waals surface area contributed by atoms with Gasteiger partial charge in [-0.2, -0.15) is 0 Å². The van der Waals surface area contributed by atoms with Crippen LogP contribution in [0.5, 0.6) is 11.5 Å². The van der Waals surface area contributed by atoms with Gasteiger partial charge in [-0.05, 0) is 43.3 Å². The van der Waals surface area contributed by atoms with Crippen LogP contribution in [-0.2, 0) is 6.42 Å². The molecule has 0 bridgehead atoms. The van der Waals surface area contributed by atoms with Gasteiger partial charge in [-0.25, -0.2) is 0 Å². The molecule has 0 amide bonds. The third-order valence-electron chi connectivity index (χ3n) is 3.32. The van der Waals surface area contributed by atoms with Crippen LogP contribution < -0.4 is 5.73 Å². The second-order valence-corrected chi connectivity index (χ2v) is 5.16. The molecule has 0 spiro atoms. The highest BCUT2D eigenvalue weighted by atomic mass is 16.3. The highest BCUT2D eigenvalue weighted by molar-refractivity contribution is 5.40. The van der Waals surface area contributed by atoms with Gasteiger partial charge in [-0.3, -0.25) is 0 Å². The first-order valence-electron chi connectivity index (χ1n) is 7.62. The van der Waals surface area contributed by atoms with E-state index in [1.165, 1.54) is 25.0 Å². The molecule has 0 fully saturated rings. The van der Waals surface area contributed by atoms with Crippen LogP contribution in [-0.4, -0.2) is 39.8 Å². The van der Waals surface area contributed by atoms with Gasteiger partial charge in [0.05, 0.1) is 6.67 Å². The number of hydrogen-bond donors (Lipinski definition) is 3. The molecule has 122 valence electrons. The Bertz CT molecular complexity index is 489. The third-order valence-corrected chi connectivity index (χ3v) is 3.32. The lowest BCUT2D eigenvalue weighted by atomic mass is 10.1. The maximum absolute atomic E-state index is 9.04. The van der Waals surface area contributed by atoms with Crippen molar-refractivity contribution in [2.45, 2.75) is 26.2 Å². The molecule has 2 rings (SSSR count). The zero-order valence-corrected chi connectivity index (χ0v) is 13.3. The maximum atomic E-state index is 9.04. The minimum Gasteiger partial charge on any atom is -0.504 e. The quantitative estimate of drug-likeness (QED) is 0.705. The van der Waals surface area contributed by atoms with Gasteiger partial charge in [0, 0.05) is 18.9 Å². The number of rotatable bonds is 6. The lowest BCUT2D eigenvalue weighted by Crippen LogP contribution is -2.22. The Labute approximate surface area is 133 Å². The number of unbranched alkanes of at least 4 members (excludes halogenated alkanes) is 1. The molecule has 4 N–H and O–H groups in total. The van der Waals surface area contributed by atoms with Crippen molar-refractivity contribution < 1.29 is 10.2 Å². The smallest absolute Gasteiger partial charge is 0.157 e. The van der Waals surface area contributed by atoms with Crippen molar-refractivity contribution in [1.29, 1.82) is 0 Å². The minimum absolute atomic E-state index is 0.0871. The van der Waals surface area contributed by atoms with Crippen LogP contribution in [0.25, 0.3) is 0 Å². The van der Waals surface area contributed by atoms with Crippen molar-refractivity contribution in [3.63, 3.8) is 0 Å². The number of nitrogens with two attached hydrogens (primary N) is 1. The zero-order chi connectivity index (χ0) is 16.4. The first-order valence-corrected chi connectivity index (χ1v) is 7.62. The van der Waals surface area contributed by atoms with Crippen LogP contribution in [0.15, 0.2) is 43.4 Å². The Balaban J connectivity index is 0.000000220. The van der Waals surface area contributed by atoms with E-state index in [9.17, 15) is 0 Å². The van der Waals surface area contributed by atoms with E-state index >= 15 is 0 Å². The summed E-state index contributed by atoms with van der Waals surface area (Å²) >= 11 is 0. The zero-order valence-electron chi connectivity index (χ0n) is 13.3. The molecule has 0 saturated carbocycles. The number of aromatic hydroxyl groups is 2. The molecule has 0 radical (unpaired) electrons. The molecule has 1 aliphatic heterocycles. The Morgan fingerprint density at radius 1 is 1.27 bits per heavy atom. The summed E-state index contributed by atoms with van der Waals surface area (Å²) < 4.78 is 0. The van der Waals surface area contributed by atoms with Crippen molar-refractivity contribution in [2.24, 2.45) is 5.73 Å². The third kappa shape index (κ3) is 6.10. The highest BCUT2D eigenvalue weighted by Crippen LogP contribution is 2.24. The fourth-order valence-corrected chi connectivity index (χ4v) is 2.00. The molecule has 0 aromatic heterocycles. The fourth-order valence-electron chi connectivity index (χ4n) is 2.00. The van der Waals surface area contributed by atoms with Gasteiger partial charge >= 0.3 is 0 Å². The number of phenols is 2. The van der Waals surface area contributed by atoms with E-state index in [4.69, 9.17) is 15.9 Å². The van der Waals surface area contributed by atoms with E-state index in [0.29, 0.717) is 13.0 Å². The molecule has 1 aliphatic rings. The van der Waals surface area contributed by atoms with Gasteiger partial charge in [0.15, 0.2) is 11.5 Å². The van der Waals surface area contributed by atoms with Crippen LogP contribution in [0.3, 0.4) is 0 Å². The second kappa shape index (κ2) is 9.73. The number of hydrogen-bond acceptors (Lipinski definition) is 5. The highest BCUT2D eigenvalue weighted by Gasteiger charge is 2.07. The van der Waals surface area contributed by atoms with E-state index in [-0.39, 0.29) is 11.5 Å². The van der Waals surface area contributed by atoms with Crippen LogP contribution in [0, 0.1) is 0 Å². The molecule has 5 nitrogen and oxygen atoms in total. The molecule has 0 unspecified atom stereocenters. The Kier molecular flexibility index (Phi) is 7.92. The van der Waals surface area contributed by atoms with Crippen LogP contribution in [0.2, 0.25) is 0 Å². The molecule has 1 heterocycles. The largest absolute Gasteiger partial charge is 0.504 e. The van der Waals surface area contributed by atoms with Crippen LogP contribution in [0.4, 0.5) is 0 Å². The topological polar surface area (TPSA) is 73.0 Å². The lowest BCUT2D eigenvalue weighted by molar-refractivity contribution is 0.310. The number of nitrogens with zero attached hydrogens (tertiary/aromatic N) is 2. The van der Waals surface area contributed by atoms with Crippen LogP contribution >= 0.6 is 0 Å². The standard InChI is InChI=1S/C9H16N2.C8H11NO2/c1-3-5-6-11-8-7-10(4-2)9-11;9-4-3-6-1-2-7(10)8(11)5-6/h4,7-8H,2-3,5-6,9H2,1H3;1-2,5,10-11H,3-4,9H2. The normalized spacial score (nSPS) is 13.0. The summed E-state index contributed by atoms with van der Waals surface area (Å²) in [7, 11) is 0. The monoisotopic (exact) mass is 305 g/mol. The summed E-state index contributed by atoms with van der Waals surface area (Å²) in [6, 6.07) is 4.71. The first-order chi connectivity index (χ1) is 10.6. The van der Waals surface area contributed by atoms with E-state index in [1.807, 2.05) is 6.20 Å². The summed E-state index contributed by atoms with van der Waals surface area (Å²) in [6.45, 7) is 8.60. The average Bonchev–Trinajstić information content (AvgIpc) is 2.98. The second-order valence-electron chi connectivity index (χ2n) is 5.16. The van der Waals surface area contributed by atoms with Crippen molar-refractivity contribution in [3.05, 3.63) is 48.9 Å². The molecule has 22 heavy (non-hydrogen) atoms. The van der Waals surface area contributed by atoms with E-state index in [2.05, 4.69) is 35.7 Å². The van der Waals surface area contributed by atoms with Gasteiger partial charge in [-0.15, -0.1) is 0 Å². The molecule has 1 aromatic carbocycles. The van der Waals surface area contributed by atoms with Gasteiger partial charge in [0.2, 0.25) is 0 Å². The predicted molar refractivity (Wildman–Crippen MR) is 90.2 cm³/mol. The fraction of sp³-hybridized carbons (Fsp3) is 0.412. The van der Waals surface area contributed by atoms with Gasteiger partial charge < -0.3 is 25.7 Å². The molecule has 5 heteroatoms. The first kappa shape index (κ1) is 17.9. The molecule has 0 atom stereocenters. The SMILES string of the molecule is C=CN1C=CN(CCCC)C1.NCCc1ccc(O)c(O)c1. The Hall–Kier alpha value is -2.14. The van der Waals surface area contributed by atoms with Crippen molar-refractivity contribution >= 4 is 0 Å². The molecule has 0 aliphatic carbocycles. The maximum Gasteiger partial charge on any atom is 0.157 e. The summed E-state index contributed by atoms with van der Waals surface area (Å²) in [5, 5.41) is 18.0. The molecular weight excluding hydrogens is 278 g/mol. The van der Waals surface area contributed by atoms with Crippen molar-refractivity contribution in [3.8, 4) is 11.5 Å². The van der Waals surface area contributed by atoms with Crippen molar-refractivity contribution in [2.75, 3.05) is 19.8 Å². The van der Waals surface area contributed by atoms with Gasteiger partial charge in [0.1, 0.15) is 0 Å². The van der Waals surface area contributed by atoms with Crippen molar-refractivity contribution in [1.82, 2.24) is 9.80 Å². The summed E-state index contributed by atoms with van der Waals surface area (Å²) in [4.78, 5) is 4.38. The number of phenolic OH excluding ortho intramolecular Hbond substituents is 2. The molecule has 0 saturated heterocycles.